The van der Waals surface area contributed by atoms with Crippen LogP contribution in [0, 0.1) is 0 Å². The van der Waals surface area contributed by atoms with Gasteiger partial charge in [0.1, 0.15) is 6.79 Å². The Bertz CT molecular complexity index is 75.0. The highest BCUT2D eigenvalue weighted by atomic mass is 32.1. The van der Waals surface area contributed by atoms with Crippen molar-refractivity contribution in [2.75, 3.05) is 13.2 Å². The van der Waals surface area contributed by atoms with Crippen molar-refractivity contribution in [1.29, 1.82) is 0 Å². The average Bonchev–Trinajstić information content (AvgIpc) is 1.93. The third kappa shape index (κ3) is 287. The Labute approximate surface area is 72.9 Å². The molecule has 4 N–H and O–H groups in total. The Morgan fingerprint density at radius 3 is 1.55 bits per heavy atom. The van der Waals surface area contributed by atoms with Gasteiger partial charge in [-0.25, -0.2) is 0 Å². The molecule has 0 aromatic heterocycles. The lowest BCUT2D eigenvalue weighted by molar-refractivity contribution is -0.0979. The third-order valence-electron chi connectivity index (χ3n) is 0.408. The van der Waals surface area contributed by atoms with Crippen LogP contribution in [-0.4, -0.2) is 25.1 Å². The van der Waals surface area contributed by atoms with Gasteiger partial charge in [0.15, 0.2) is 5.11 Å². The lowest BCUT2D eigenvalue weighted by Gasteiger charge is -1.86. The van der Waals surface area contributed by atoms with Crippen LogP contribution in [0.15, 0.2) is 0 Å². The summed E-state index contributed by atoms with van der Waals surface area (Å²) < 4.78 is 4.83. The number of thiocarbonyl (C=S) groups is 1. The molecule has 0 aliphatic heterocycles. The van der Waals surface area contributed by atoms with Gasteiger partial charge < -0.3 is 21.0 Å². The Balaban J connectivity index is -0.0000000965. The summed E-state index contributed by atoms with van der Waals surface area (Å²) in [5.74, 6) is 0. The first-order chi connectivity index (χ1) is 5.15. The van der Waals surface area contributed by atoms with E-state index in [0.29, 0.717) is 0 Å². The highest BCUT2D eigenvalue weighted by Gasteiger charge is 1.64. The van der Waals surface area contributed by atoms with Crippen LogP contribution in [0.25, 0.3) is 0 Å². The zero-order valence-electron chi connectivity index (χ0n) is 7.00. The highest BCUT2D eigenvalue weighted by Crippen LogP contribution is 1.64. The summed E-state index contributed by atoms with van der Waals surface area (Å²) in [6, 6.07) is 0. The number of carbonyl (C=O) groups is 1. The van der Waals surface area contributed by atoms with Gasteiger partial charge in [-0.15, -0.1) is 0 Å². The molecule has 0 rings (SSSR count). The fourth-order valence-electron chi connectivity index (χ4n) is 0.204. The molecule has 0 aromatic carbocycles. The third-order valence-corrected chi connectivity index (χ3v) is 0.408. The van der Waals surface area contributed by atoms with Crippen molar-refractivity contribution >= 4 is 24.1 Å². The van der Waals surface area contributed by atoms with Crippen molar-refractivity contribution < 1.29 is 9.53 Å². The van der Waals surface area contributed by atoms with Crippen molar-refractivity contribution in [3.63, 3.8) is 0 Å². The number of hydrogen-bond acceptors (Lipinski definition) is 3. The summed E-state index contributed by atoms with van der Waals surface area (Å²) in [5, 5.41) is 0.000000000000000222. The molecular formula is C6H16N2O2S. The van der Waals surface area contributed by atoms with E-state index in [1.165, 1.54) is 0 Å². The van der Waals surface area contributed by atoms with E-state index in [1.54, 1.807) is 0 Å². The molecule has 0 unspecified atom stereocenters. The number of hydrogen-bond donors (Lipinski definition) is 2. The van der Waals surface area contributed by atoms with Crippen molar-refractivity contribution in [1.82, 2.24) is 0 Å². The second-order valence-electron chi connectivity index (χ2n) is 1.18. The molecular weight excluding hydrogens is 164 g/mol. The van der Waals surface area contributed by atoms with Crippen LogP contribution in [0.4, 0.5) is 0 Å². The smallest absolute Gasteiger partial charge is 0.160 e. The SMILES string of the molecule is C=O.CCOCC.NC(N)=S. The van der Waals surface area contributed by atoms with Gasteiger partial charge in [-0.05, 0) is 26.1 Å². The molecule has 0 radical (unpaired) electrons. The summed E-state index contributed by atoms with van der Waals surface area (Å²) >= 11 is 4.09. The van der Waals surface area contributed by atoms with E-state index >= 15 is 0 Å². The topological polar surface area (TPSA) is 78.3 Å². The van der Waals surface area contributed by atoms with Crippen LogP contribution >= 0.6 is 12.2 Å². The molecule has 0 spiro atoms. The Kier molecular flexibility index (Phi) is 34.7. The number of rotatable bonds is 2. The summed E-state index contributed by atoms with van der Waals surface area (Å²) in [6.45, 7) is 7.67. The monoisotopic (exact) mass is 180 g/mol. The van der Waals surface area contributed by atoms with Crippen LogP contribution in [0.2, 0.25) is 0 Å². The lowest BCUT2D eigenvalue weighted by atomic mass is 10.8. The quantitative estimate of drug-likeness (QED) is 0.587. The van der Waals surface area contributed by atoms with Gasteiger partial charge in [0.05, 0.1) is 0 Å². The van der Waals surface area contributed by atoms with Gasteiger partial charge in [-0.1, -0.05) is 0 Å². The molecule has 4 nitrogen and oxygen atoms in total. The molecule has 0 amide bonds. The van der Waals surface area contributed by atoms with Gasteiger partial charge in [0.2, 0.25) is 0 Å². The molecule has 0 fully saturated rings. The number of carbonyl (C=O) groups excluding carboxylic acids is 1. The van der Waals surface area contributed by atoms with E-state index in [4.69, 9.17) is 9.53 Å². The van der Waals surface area contributed by atoms with Crippen LogP contribution in [0.5, 0.6) is 0 Å². The Morgan fingerprint density at radius 1 is 1.36 bits per heavy atom. The van der Waals surface area contributed by atoms with E-state index < -0.39 is 0 Å². The molecule has 0 bridgehead atoms. The zero-order chi connectivity index (χ0) is 9.70. The fraction of sp³-hybridized carbons (Fsp3) is 0.667. The minimum absolute atomic E-state index is 0.000000000000000222. The van der Waals surface area contributed by atoms with Crippen molar-refractivity contribution in [3.05, 3.63) is 0 Å². The normalized spacial score (nSPS) is 6.36. The molecule has 0 saturated heterocycles. The molecule has 0 heterocycles. The van der Waals surface area contributed by atoms with Gasteiger partial charge in [0.25, 0.3) is 0 Å². The number of nitrogens with two attached hydrogens (primary N) is 2. The van der Waals surface area contributed by atoms with Gasteiger partial charge >= 0.3 is 0 Å². The van der Waals surface area contributed by atoms with Crippen molar-refractivity contribution in [3.8, 4) is 0 Å². The van der Waals surface area contributed by atoms with Crippen molar-refractivity contribution in [2.45, 2.75) is 13.8 Å². The summed E-state index contributed by atoms with van der Waals surface area (Å²) in [4.78, 5) is 8.00. The summed E-state index contributed by atoms with van der Waals surface area (Å²) in [7, 11) is 0. The zero-order valence-corrected chi connectivity index (χ0v) is 7.82. The number of ether oxygens (including phenoxy) is 1. The first-order valence-corrected chi connectivity index (χ1v) is 3.47. The van der Waals surface area contributed by atoms with Gasteiger partial charge in [0, 0.05) is 13.2 Å². The maximum Gasteiger partial charge on any atom is 0.160 e. The summed E-state index contributed by atoms with van der Waals surface area (Å²) in [6.07, 6.45) is 0. The standard InChI is InChI=1S/C4H10O.CH4N2S.CH2O/c1-3-5-4-2;2-1(3)4;1-2/h3-4H2,1-2H3;(H4,2,3,4);1H2. The molecule has 0 atom stereocenters. The van der Waals surface area contributed by atoms with Crippen LogP contribution in [0.1, 0.15) is 13.8 Å². The van der Waals surface area contributed by atoms with E-state index in [0.717, 1.165) is 13.2 Å². The van der Waals surface area contributed by atoms with E-state index in [9.17, 15) is 0 Å². The molecule has 11 heavy (non-hydrogen) atoms. The van der Waals surface area contributed by atoms with Crippen LogP contribution in [-0.2, 0) is 9.53 Å². The first-order valence-electron chi connectivity index (χ1n) is 3.06. The van der Waals surface area contributed by atoms with E-state index in [-0.39, 0.29) is 5.11 Å². The lowest BCUT2D eigenvalue weighted by Crippen LogP contribution is -2.18. The largest absolute Gasteiger partial charge is 0.382 e. The summed E-state index contributed by atoms with van der Waals surface area (Å²) in [5.41, 5.74) is 9.24. The molecule has 0 saturated carbocycles. The Morgan fingerprint density at radius 2 is 1.55 bits per heavy atom. The maximum atomic E-state index is 8.00. The predicted molar refractivity (Wildman–Crippen MR) is 50.3 cm³/mol. The first kappa shape index (κ1) is 16.7. The van der Waals surface area contributed by atoms with Crippen molar-refractivity contribution in [2.24, 2.45) is 11.5 Å². The second-order valence-corrected chi connectivity index (χ2v) is 1.66. The fourth-order valence-corrected chi connectivity index (χ4v) is 0.204. The van der Waals surface area contributed by atoms with Crippen LogP contribution in [0.3, 0.4) is 0 Å². The van der Waals surface area contributed by atoms with Gasteiger partial charge in [-0.3, -0.25) is 0 Å². The minimum Gasteiger partial charge on any atom is -0.382 e. The van der Waals surface area contributed by atoms with Gasteiger partial charge in [-0.2, -0.15) is 0 Å². The minimum atomic E-state index is 0.000000000000000222. The second kappa shape index (κ2) is 22.8. The average molecular weight is 180 g/mol. The predicted octanol–water partition coefficient (Wildman–Crippen LogP) is 0.0466. The van der Waals surface area contributed by atoms with E-state index in [1.807, 2.05) is 20.6 Å². The Hall–Kier alpha value is -0.680. The highest BCUT2D eigenvalue weighted by molar-refractivity contribution is 7.80. The van der Waals surface area contributed by atoms with Crippen LogP contribution < -0.4 is 11.5 Å². The molecule has 0 aliphatic rings. The maximum absolute atomic E-state index is 8.00. The molecule has 0 aliphatic carbocycles. The van der Waals surface area contributed by atoms with E-state index in [2.05, 4.69) is 23.7 Å². The molecule has 0 aromatic rings. The molecule has 5 heteroatoms. The molecule has 68 valence electrons.